The summed E-state index contributed by atoms with van der Waals surface area (Å²) >= 11 is 0. The lowest BCUT2D eigenvalue weighted by molar-refractivity contribution is 0.102. The number of nitrogens with zero attached hydrogens (tertiary/aromatic N) is 1. The second-order valence-electron chi connectivity index (χ2n) is 8.16. The van der Waals surface area contributed by atoms with Gasteiger partial charge in [-0.3, -0.25) is 9.78 Å². The fourth-order valence-electron chi connectivity index (χ4n) is 3.52. The van der Waals surface area contributed by atoms with Crippen molar-refractivity contribution in [3.05, 3.63) is 65.9 Å². The minimum Gasteiger partial charge on any atom is -0.322 e. The molecule has 2 aliphatic carbocycles. The number of rotatable bonds is 7. The Labute approximate surface area is 175 Å². The Balaban J connectivity index is 1.36. The summed E-state index contributed by atoms with van der Waals surface area (Å²) in [6, 6.07) is 15.8. The molecule has 0 bridgehead atoms. The molecule has 0 aliphatic heterocycles. The van der Waals surface area contributed by atoms with Crippen molar-refractivity contribution < 1.29 is 13.2 Å². The van der Waals surface area contributed by atoms with Crippen LogP contribution in [0.2, 0.25) is 0 Å². The molecule has 2 N–H and O–H groups in total. The van der Waals surface area contributed by atoms with Gasteiger partial charge in [-0.05, 0) is 68.0 Å². The van der Waals surface area contributed by atoms with Crippen LogP contribution in [0.25, 0.3) is 10.9 Å². The Kier molecular flexibility index (Phi) is 4.79. The van der Waals surface area contributed by atoms with Gasteiger partial charge >= 0.3 is 0 Å². The molecule has 30 heavy (non-hydrogen) atoms. The SMILES string of the molecule is O=C(Nc1ccc(S(=O)(=O)NCC2CC2)cc1)c1cc(C2CC2)nc2ccccc12. The molecule has 2 fully saturated rings. The van der Waals surface area contributed by atoms with Crippen LogP contribution in [-0.2, 0) is 10.0 Å². The molecular formula is C23H23N3O3S. The third-order valence-corrected chi connectivity index (χ3v) is 7.10. The maximum atomic E-state index is 13.0. The van der Waals surface area contributed by atoms with Gasteiger partial charge in [0.05, 0.1) is 16.0 Å². The number of anilines is 1. The molecule has 1 amide bonds. The third-order valence-electron chi connectivity index (χ3n) is 5.66. The Hall–Kier alpha value is -2.77. The summed E-state index contributed by atoms with van der Waals surface area (Å²) < 4.78 is 27.4. The Morgan fingerprint density at radius 2 is 1.73 bits per heavy atom. The quantitative estimate of drug-likeness (QED) is 0.602. The van der Waals surface area contributed by atoms with Gasteiger partial charge in [0.2, 0.25) is 10.0 Å². The van der Waals surface area contributed by atoms with Gasteiger partial charge in [0.15, 0.2) is 0 Å². The van der Waals surface area contributed by atoms with E-state index in [9.17, 15) is 13.2 Å². The van der Waals surface area contributed by atoms with Crippen molar-refractivity contribution in [3.63, 3.8) is 0 Å². The van der Waals surface area contributed by atoms with Gasteiger partial charge in [-0.1, -0.05) is 18.2 Å². The number of hydrogen-bond acceptors (Lipinski definition) is 4. The normalized spacial score (nSPS) is 16.5. The van der Waals surface area contributed by atoms with E-state index >= 15 is 0 Å². The van der Waals surface area contributed by atoms with Crippen LogP contribution in [0.4, 0.5) is 5.69 Å². The Morgan fingerprint density at radius 1 is 1.00 bits per heavy atom. The molecule has 7 heteroatoms. The molecule has 1 aromatic heterocycles. The molecule has 1 heterocycles. The maximum Gasteiger partial charge on any atom is 0.256 e. The summed E-state index contributed by atoms with van der Waals surface area (Å²) in [5.41, 5.74) is 2.91. The fraction of sp³-hybridized carbons (Fsp3) is 0.304. The van der Waals surface area contributed by atoms with Gasteiger partial charge in [0, 0.05) is 29.2 Å². The average molecular weight is 422 g/mol. The first-order valence-electron chi connectivity index (χ1n) is 10.3. The summed E-state index contributed by atoms with van der Waals surface area (Å²) in [6.45, 7) is 0.485. The minimum absolute atomic E-state index is 0.200. The molecule has 0 radical (unpaired) electrons. The van der Waals surface area contributed by atoms with Crippen LogP contribution in [0.1, 0.15) is 47.7 Å². The van der Waals surface area contributed by atoms with Crippen molar-refractivity contribution in [2.45, 2.75) is 36.5 Å². The molecule has 2 aliphatic rings. The van der Waals surface area contributed by atoms with Crippen molar-refractivity contribution in [1.29, 1.82) is 0 Å². The van der Waals surface area contributed by atoms with Crippen molar-refractivity contribution in [3.8, 4) is 0 Å². The predicted octanol–water partition coefficient (Wildman–Crippen LogP) is 4.05. The number of aromatic nitrogens is 1. The van der Waals surface area contributed by atoms with E-state index in [1.807, 2.05) is 30.3 Å². The van der Waals surface area contributed by atoms with E-state index in [-0.39, 0.29) is 10.8 Å². The maximum absolute atomic E-state index is 13.0. The van der Waals surface area contributed by atoms with Gasteiger partial charge in [-0.15, -0.1) is 0 Å². The molecule has 6 nitrogen and oxygen atoms in total. The number of fused-ring (bicyclic) bond motifs is 1. The van der Waals surface area contributed by atoms with Crippen molar-refractivity contribution >= 4 is 32.5 Å². The van der Waals surface area contributed by atoms with Crippen LogP contribution >= 0.6 is 0 Å². The van der Waals surface area contributed by atoms with Gasteiger partial charge < -0.3 is 5.32 Å². The van der Waals surface area contributed by atoms with E-state index in [1.54, 1.807) is 12.1 Å². The van der Waals surface area contributed by atoms with E-state index in [1.165, 1.54) is 12.1 Å². The largest absolute Gasteiger partial charge is 0.322 e. The van der Waals surface area contributed by atoms with Gasteiger partial charge in [0.1, 0.15) is 0 Å². The van der Waals surface area contributed by atoms with E-state index in [0.29, 0.717) is 29.6 Å². The average Bonchev–Trinajstić information content (AvgIpc) is 3.65. The molecule has 2 saturated carbocycles. The molecule has 0 atom stereocenters. The molecular weight excluding hydrogens is 398 g/mol. The number of carbonyl (C=O) groups is 1. The van der Waals surface area contributed by atoms with E-state index in [4.69, 9.17) is 4.98 Å². The Morgan fingerprint density at radius 3 is 2.43 bits per heavy atom. The number of para-hydroxylation sites is 1. The van der Waals surface area contributed by atoms with Crippen molar-refractivity contribution in [2.75, 3.05) is 11.9 Å². The van der Waals surface area contributed by atoms with E-state index in [0.717, 1.165) is 42.3 Å². The summed E-state index contributed by atoms with van der Waals surface area (Å²) in [5, 5.41) is 3.70. The van der Waals surface area contributed by atoms with Crippen LogP contribution in [0.3, 0.4) is 0 Å². The van der Waals surface area contributed by atoms with Crippen molar-refractivity contribution in [2.24, 2.45) is 5.92 Å². The fourth-order valence-corrected chi connectivity index (χ4v) is 4.64. The lowest BCUT2D eigenvalue weighted by Crippen LogP contribution is -2.25. The van der Waals surface area contributed by atoms with Crippen LogP contribution in [-0.4, -0.2) is 25.9 Å². The highest BCUT2D eigenvalue weighted by Crippen LogP contribution is 2.40. The van der Waals surface area contributed by atoms with Crippen molar-refractivity contribution in [1.82, 2.24) is 9.71 Å². The minimum atomic E-state index is -3.52. The highest BCUT2D eigenvalue weighted by Gasteiger charge is 2.27. The zero-order valence-electron chi connectivity index (χ0n) is 16.5. The number of benzene rings is 2. The van der Waals surface area contributed by atoms with Gasteiger partial charge in [-0.2, -0.15) is 0 Å². The number of carbonyl (C=O) groups excluding carboxylic acids is 1. The smallest absolute Gasteiger partial charge is 0.256 e. The number of nitrogens with one attached hydrogen (secondary N) is 2. The van der Waals surface area contributed by atoms with E-state index in [2.05, 4.69) is 10.0 Å². The molecule has 3 aromatic rings. The monoisotopic (exact) mass is 421 g/mol. The number of hydrogen-bond donors (Lipinski definition) is 2. The van der Waals surface area contributed by atoms with Crippen LogP contribution in [0.15, 0.2) is 59.5 Å². The second-order valence-corrected chi connectivity index (χ2v) is 9.93. The highest BCUT2D eigenvalue weighted by atomic mass is 32.2. The summed E-state index contributed by atoms with van der Waals surface area (Å²) in [5.74, 6) is 0.681. The van der Waals surface area contributed by atoms with Crippen LogP contribution in [0.5, 0.6) is 0 Å². The predicted molar refractivity (Wildman–Crippen MR) is 116 cm³/mol. The lowest BCUT2D eigenvalue weighted by atomic mass is 10.1. The molecule has 2 aromatic carbocycles. The molecule has 154 valence electrons. The Bertz CT molecular complexity index is 1210. The first-order valence-corrected chi connectivity index (χ1v) is 11.8. The van der Waals surface area contributed by atoms with Gasteiger partial charge in [0.25, 0.3) is 5.91 Å². The standard InChI is InChI=1S/C23H23N3O3S/c27-23(20-13-22(16-7-8-16)26-21-4-2-1-3-19(20)21)25-17-9-11-18(12-10-17)30(28,29)24-14-15-5-6-15/h1-4,9-13,15-16,24H,5-8,14H2,(H,25,27). The van der Waals surface area contributed by atoms with Crippen LogP contribution in [0, 0.1) is 5.92 Å². The van der Waals surface area contributed by atoms with Gasteiger partial charge in [-0.25, -0.2) is 13.1 Å². The summed E-state index contributed by atoms with van der Waals surface area (Å²) in [6.07, 6.45) is 4.38. The zero-order chi connectivity index (χ0) is 20.7. The molecule has 0 spiro atoms. The molecule has 0 unspecified atom stereocenters. The summed E-state index contributed by atoms with van der Waals surface area (Å²) in [7, 11) is -3.52. The number of amides is 1. The highest BCUT2D eigenvalue weighted by molar-refractivity contribution is 7.89. The molecule has 0 saturated heterocycles. The summed E-state index contributed by atoms with van der Waals surface area (Å²) in [4.78, 5) is 17.9. The van der Waals surface area contributed by atoms with E-state index < -0.39 is 10.0 Å². The topological polar surface area (TPSA) is 88.2 Å². The second kappa shape index (κ2) is 7.49. The third kappa shape index (κ3) is 4.08. The number of pyridine rings is 1. The first kappa shape index (κ1) is 19.2. The lowest BCUT2D eigenvalue weighted by Gasteiger charge is -2.11. The van der Waals surface area contributed by atoms with Crippen LogP contribution < -0.4 is 10.0 Å². The first-order chi connectivity index (χ1) is 14.5. The zero-order valence-corrected chi connectivity index (χ0v) is 17.3. The molecule has 5 rings (SSSR count). The number of sulfonamides is 1.